The Kier molecular flexibility index (Phi) is 2.13. The van der Waals surface area contributed by atoms with Crippen LogP contribution in [0.4, 0.5) is 10.1 Å². The number of anilines is 1. The third-order valence-electron chi connectivity index (χ3n) is 1.77. The first kappa shape index (κ1) is 9.02. The van der Waals surface area contributed by atoms with Crippen LogP contribution in [-0.2, 0) is 0 Å². The maximum atomic E-state index is 13.4. The van der Waals surface area contributed by atoms with Gasteiger partial charge in [-0.1, -0.05) is 17.7 Å². The highest BCUT2D eigenvalue weighted by atomic mass is 35.5. The molecule has 2 aromatic rings. The number of nitrogens with zero attached hydrogens (tertiary/aromatic N) is 2. The third kappa shape index (κ3) is 1.44. The molecule has 0 bridgehead atoms. The van der Waals surface area contributed by atoms with Crippen LogP contribution in [0.25, 0.3) is 5.69 Å². The Labute approximate surface area is 84.9 Å². The van der Waals surface area contributed by atoms with Crippen LogP contribution in [0.15, 0.2) is 30.6 Å². The summed E-state index contributed by atoms with van der Waals surface area (Å²) in [5.74, 6) is -0.430. The smallest absolute Gasteiger partial charge is 0.150 e. The number of nitrogens with two attached hydrogens (primary N) is 1. The second-order valence-electron chi connectivity index (χ2n) is 2.79. The zero-order chi connectivity index (χ0) is 10.1. The quantitative estimate of drug-likeness (QED) is 0.786. The fraction of sp³-hybridized carbons (Fsp3) is 0. The number of rotatable bonds is 1. The lowest BCUT2D eigenvalue weighted by Gasteiger charge is -2.04. The first-order valence-electron chi connectivity index (χ1n) is 3.93. The Hall–Kier alpha value is -1.55. The maximum absolute atomic E-state index is 13.4. The van der Waals surface area contributed by atoms with E-state index in [0.717, 1.165) is 0 Å². The van der Waals surface area contributed by atoms with Gasteiger partial charge in [-0.25, -0.2) is 9.07 Å². The van der Waals surface area contributed by atoms with E-state index < -0.39 is 5.82 Å². The van der Waals surface area contributed by atoms with Crippen LogP contribution in [-0.4, -0.2) is 9.78 Å². The van der Waals surface area contributed by atoms with Crippen molar-refractivity contribution in [1.29, 1.82) is 0 Å². The lowest BCUT2D eigenvalue weighted by molar-refractivity contribution is 0.611. The average molecular weight is 212 g/mol. The summed E-state index contributed by atoms with van der Waals surface area (Å²) >= 11 is 5.83. The fourth-order valence-electron chi connectivity index (χ4n) is 1.17. The fourth-order valence-corrected chi connectivity index (χ4v) is 1.42. The number of hydrogen-bond acceptors (Lipinski definition) is 2. The summed E-state index contributed by atoms with van der Waals surface area (Å²) in [5.41, 5.74) is 6.14. The van der Waals surface area contributed by atoms with E-state index in [1.807, 2.05) is 0 Å². The second kappa shape index (κ2) is 3.31. The van der Waals surface area contributed by atoms with E-state index in [4.69, 9.17) is 17.3 Å². The van der Waals surface area contributed by atoms with Crippen LogP contribution in [0.1, 0.15) is 0 Å². The molecule has 0 saturated heterocycles. The Balaban J connectivity index is 2.61. The number of benzene rings is 1. The zero-order valence-electron chi connectivity index (χ0n) is 7.11. The maximum Gasteiger partial charge on any atom is 0.150 e. The van der Waals surface area contributed by atoms with Gasteiger partial charge >= 0.3 is 0 Å². The van der Waals surface area contributed by atoms with Crippen LogP contribution < -0.4 is 5.73 Å². The van der Waals surface area contributed by atoms with Crippen molar-refractivity contribution in [2.24, 2.45) is 0 Å². The number of nitrogen functional groups attached to an aromatic ring is 1. The van der Waals surface area contributed by atoms with Gasteiger partial charge in [-0.05, 0) is 12.1 Å². The monoisotopic (exact) mass is 211 g/mol. The number of hydrogen-bond donors (Lipinski definition) is 1. The van der Waals surface area contributed by atoms with Gasteiger partial charge in [-0.15, -0.1) is 0 Å². The molecule has 0 atom stereocenters. The van der Waals surface area contributed by atoms with Crippen LogP contribution in [0.2, 0.25) is 5.02 Å². The Morgan fingerprint density at radius 3 is 2.79 bits per heavy atom. The van der Waals surface area contributed by atoms with E-state index in [2.05, 4.69) is 5.10 Å². The van der Waals surface area contributed by atoms with Crippen molar-refractivity contribution in [3.63, 3.8) is 0 Å². The minimum Gasteiger partial charge on any atom is -0.396 e. The zero-order valence-corrected chi connectivity index (χ0v) is 7.87. The van der Waals surface area contributed by atoms with Gasteiger partial charge in [0.2, 0.25) is 0 Å². The minimum atomic E-state index is -0.430. The highest BCUT2D eigenvalue weighted by Crippen LogP contribution is 2.23. The SMILES string of the molecule is Nc1cnn(-c2c(F)cccc2Cl)c1. The van der Waals surface area contributed by atoms with Crippen LogP contribution in [0, 0.1) is 5.82 Å². The van der Waals surface area contributed by atoms with Gasteiger partial charge in [-0.2, -0.15) is 5.10 Å². The Morgan fingerprint density at radius 2 is 2.21 bits per heavy atom. The molecule has 5 heteroatoms. The molecule has 0 aliphatic heterocycles. The average Bonchev–Trinajstić information content (AvgIpc) is 2.51. The van der Waals surface area contributed by atoms with E-state index >= 15 is 0 Å². The van der Waals surface area contributed by atoms with Crippen LogP contribution >= 0.6 is 11.6 Å². The van der Waals surface area contributed by atoms with Crippen LogP contribution in [0.5, 0.6) is 0 Å². The standard InChI is InChI=1S/C9H7ClFN3/c10-7-2-1-3-8(11)9(7)14-5-6(12)4-13-14/h1-5H,12H2. The molecule has 0 fully saturated rings. The van der Waals surface area contributed by atoms with Gasteiger partial charge in [0.15, 0.2) is 0 Å². The number of para-hydroxylation sites is 1. The van der Waals surface area contributed by atoms with Crippen molar-refractivity contribution < 1.29 is 4.39 Å². The summed E-state index contributed by atoms with van der Waals surface area (Å²) in [5, 5.41) is 4.17. The largest absolute Gasteiger partial charge is 0.396 e. The van der Waals surface area contributed by atoms with E-state index in [-0.39, 0.29) is 5.69 Å². The van der Waals surface area contributed by atoms with Crippen molar-refractivity contribution in [3.05, 3.63) is 41.4 Å². The van der Waals surface area contributed by atoms with E-state index in [1.54, 1.807) is 6.07 Å². The normalized spacial score (nSPS) is 10.4. The third-order valence-corrected chi connectivity index (χ3v) is 2.07. The molecule has 0 aliphatic rings. The van der Waals surface area contributed by atoms with E-state index in [1.165, 1.54) is 29.2 Å². The summed E-state index contributed by atoms with van der Waals surface area (Å²) in [7, 11) is 0. The molecule has 1 heterocycles. The molecule has 14 heavy (non-hydrogen) atoms. The van der Waals surface area contributed by atoms with Gasteiger partial charge in [0.25, 0.3) is 0 Å². The lowest BCUT2D eigenvalue weighted by atomic mass is 10.3. The summed E-state index contributed by atoms with van der Waals surface area (Å²) in [4.78, 5) is 0. The molecular formula is C9H7ClFN3. The van der Waals surface area contributed by atoms with E-state index in [9.17, 15) is 4.39 Å². The summed E-state index contributed by atoms with van der Waals surface area (Å²) < 4.78 is 14.7. The topological polar surface area (TPSA) is 43.8 Å². The van der Waals surface area contributed by atoms with Crippen molar-refractivity contribution in [3.8, 4) is 5.69 Å². The molecule has 3 nitrogen and oxygen atoms in total. The predicted molar refractivity (Wildman–Crippen MR) is 52.9 cm³/mol. The van der Waals surface area contributed by atoms with Crippen molar-refractivity contribution in [2.75, 3.05) is 5.73 Å². The first-order valence-corrected chi connectivity index (χ1v) is 4.31. The summed E-state index contributed by atoms with van der Waals surface area (Å²) in [6, 6.07) is 4.45. The van der Waals surface area contributed by atoms with E-state index in [0.29, 0.717) is 10.7 Å². The second-order valence-corrected chi connectivity index (χ2v) is 3.20. The van der Waals surface area contributed by atoms with Crippen molar-refractivity contribution in [1.82, 2.24) is 9.78 Å². The number of halogens is 2. The molecule has 0 aliphatic carbocycles. The number of aromatic nitrogens is 2. The Morgan fingerprint density at radius 1 is 1.43 bits per heavy atom. The lowest BCUT2D eigenvalue weighted by Crippen LogP contribution is -1.98. The molecule has 2 rings (SSSR count). The van der Waals surface area contributed by atoms with Gasteiger partial charge in [-0.3, -0.25) is 0 Å². The van der Waals surface area contributed by atoms with Gasteiger partial charge < -0.3 is 5.73 Å². The highest BCUT2D eigenvalue weighted by molar-refractivity contribution is 6.32. The summed E-state index contributed by atoms with van der Waals surface area (Å²) in [6.45, 7) is 0. The molecule has 0 unspecified atom stereocenters. The molecule has 2 N–H and O–H groups in total. The minimum absolute atomic E-state index is 0.214. The molecule has 0 saturated carbocycles. The van der Waals surface area contributed by atoms with Gasteiger partial charge in [0, 0.05) is 0 Å². The molecule has 0 radical (unpaired) electrons. The summed E-state index contributed by atoms with van der Waals surface area (Å²) in [6.07, 6.45) is 2.94. The molecule has 0 amide bonds. The van der Waals surface area contributed by atoms with Gasteiger partial charge in [0.1, 0.15) is 11.5 Å². The van der Waals surface area contributed by atoms with Gasteiger partial charge in [0.05, 0.1) is 23.1 Å². The molecule has 0 spiro atoms. The molecule has 1 aromatic heterocycles. The molecule has 1 aromatic carbocycles. The highest BCUT2D eigenvalue weighted by Gasteiger charge is 2.09. The first-order chi connectivity index (χ1) is 6.68. The van der Waals surface area contributed by atoms with Crippen LogP contribution in [0.3, 0.4) is 0 Å². The predicted octanol–water partition coefficient (Wildman–Crippen LogP) is 2.25. The van der Waals surface area contributed by atoms with Crippen molar-refractivity contribution in [2.45, 2.75) is 0 Å². The molecule has 72 valence electrons. The Bertz CT molecular complexity index is 447. The molecular weight excluding hydrogens is 205 g/mol. The van der Waals surface area contributed by atoms with Crippen molar-refractivity contribution >= 4 is 17.3 Å².